The van der Waals surface area contributed by atoms with Crippen LogP contribution in [0.2, 0.25) is 0 Å². The Bertz CT molecular complexity index is 81.7. The second-order valence-corrected chi connectivity index (χ2v) is 0.575. The molecule has 0 aliphatic carbocycles. The van der Waals surface area contributed by atoms with Crippen LogP contribution in [0.15, 0.2) is 0 Å². The molecule has 0 amide bonds. The summed E-state index contributed by atoms with van der Waals surface area (Å²) in [7, 11) is 0. The molecule has 0 radical (unpaired) electrons. The van der Waals surface area contributed by atoms with E-state index in [4.69, 9.17) is 19.8 Å². The summed E-state index contributed by atoms with van der Waals surface area (Å²) in [5.74, 6) is -4.37. The van der Waals surface area contributed by atoms with Gasteiger partial charge < -0.3 is 30.8 Å². The van der Waals surface area contributed by atoms with Crippen LogP contribution in [0.5, 0.6) is 0 Å². The van der Waals surface area contributed by atoms with Gasteiger partial charge in [0.1, 0.15) is 0 Å². The third kappa shape index (κ3) is 22.9. The zero-order valence-electron chi connectivity index (χ0n) is 4.04. The summed E-state index contributed by atoms with van der Waals surface area (Å²) in [4.78, 5) is 17.9. The van der Waals surface area contributed by atoms with E-state index in [1.54, 1.807) is 0 Å². The van der Waals surface area contributed by atoms with Crippen molar-refractivity contribution in [2.24, 2.45) is 0 Å². The Morgan fingerprint density at radius 2 is 1.10 bits per heavy atom. The summed E-state index contributed by atoms with van der Waals surface area (Å²) in [6.45, 7) is 0. The maximum absolute atomic E-state index is 8.93. The molecule has 0 aromatic rings. The van der Waals surface area contributed by atoms with Crippen molar-refractivity contribution in [3.8, 4) is 0 Å². The van der Waals surface area contributed by atoms with E-state index in [2.05, 4.69) is 0 Å². The monoisotopic (exact) mass is 210 g/mol. The zero-order chi connectivity index (χ0) is 5.15. The summed E-state index contributed by atoms with van der Waals surface area (Å²) in [5.41, 5.74) is 0. The molecule has 0 saturated carbocycles. The summed E-state index contributed by atoms with van der Waals surface area (Å²) < 4.78 is 0. The van der Waals surface area contributed by atoms with E-state index in [-0.39, 0.29) is 84.1 Å². The average molecular weight is 210 g/mol. The quantitative estimate of drug-likeness (QED) is 0.291. The van der Waals surface area contributed by atoms with Crippen LogP contribution in [0.1, 0.15) is 0 Å². The van der Waals surface area contributed by atoms with Gasteiger partial charge in [0.15, 0.2) is 0 Å². The number of carbonyl (C=O) groups is 2. The third-order valence-electron chi connectivity index (χ3n) is 0.167. The molecule has 0 aromatic heterocycles. The first kappa shape index (κ1) is 30.3. The van der Waals surface area contributed by atoms with Crippen LogP contribution >= 0.6 is 0 Å². The van der Waals surface area contributed by atoms with Crippen molar-refractivity contribution in [2.45, 2.75) is 0 Å². The molecule has 0 fully saturated rings. The van der Waals surface area contributed by atoms with E-state index in [0.717, 1.165) is 0 Å². The minimum absolute atomic E-state index is 0. The molecular weight excluding hydrogens is 207 g/mol. The van der Waals surface area contributed by atoms with Gasteiger partial charge in [0.25, 0.3) is 0 Å². The van der Waals surface area contributed by atoms with Crippen molar-refractivity contribution in [1.29, 1.82) is 0 Å². The number of aliphatic carboxylic acids is 2. The molecule has 0 spiro atoms. The fraction of sp³-hybridized carbons (Fsp3) is 0. The molecule has 52 valence electrons. The molecule has 0 saturated heterocycles. The van der Waals surface area contributed by atoms with E-state index in [0.29, 0.717) is 0 Å². The molecular formula is C2H3KO6Ti. The van der Waals surface area contributed by atoms with Gasteiger partial charge in [-0.15, -0.1) is 0 Å². The normalized spacial score (nSPS) is 4.40. The molecule has 0 heterocycles. The van der Waals surface area contributed by atoms with E-state index in [1.807, 2.05) is 0 Å². The van der Waals surface area contributed by atoms with Crippen molar-refractivity contribution in [3.63, 3.8) is 0 Å². The van der Waals surface area contributed by atoms with Crippen molar-refractivity contribution in [2.75, 3.05) is 0 Å². The summed E-state index contributed by atoms with van der Waals surface area (Å²) in [6, 6.07) is 0. The summed E-state index contributed by atoms with van der Waals surface area (Å²) in [6.07, 6.45) is 0. The molecule has 0 bridgehead atoms. The molecule has 0 aromatic carbocycles. The Morgan fingerprint density at radius 1 is 1.00 bits per heavy atom. The zero-order valence-corrected chi connectivity index (χ0v) is 5.60. The molecule has 6 nitrogen and oxygen atoms in total. The molecule has 10 heavy (non-hydrogen) atoms. The van der Waals surface area contributed by atoms with Gasteiger partial charge in [-0.1, -0.05) is 0 Å². The first-order valence-corrected chi connectivity index (χ1v) is 1.07. The average Bonchev–Trinajstić information content (AvgIpc) is 1.36. The Morgan fingerprint density at radius 3 is 1.10 bits per heavy atom. The topological polar surface area (TPSA) is 140 Å². The molecule has 2 N–H and O–H groups in total. The van der Waals surface area contributed by atoms with Crippen molar-refractivity contribution in [1.82, 2.24) is 0 Å². The molecule has 0 aliphatic rings. The minimum Gasteiger partial charge on any atom is -2.00 e. The second kappa shape index (κ2) is 16.7. The standard InChI is InChI=1S/C2H2O4.K.H2O.O.Ti.H/c3-1(4)2(5)6;;;;;/h(H,3,4)(H,5,6);;1H2;;;/q;;;-2;+4;/p-2. The molecule has 0 unspecified atom stereocenters. The number of carbonyl (C=O) groups excluding carboxylic acids is 2. The van der Waals surface area contributed by atoms with Gasteiger partial charge in [-0.3, -0.25) is 0 Å². The maximum atomic E-state index is 8.93. The molecule has 8 heteroatoms. The van der Waals surface area contributed by atoms with Gasteiger partial charge in [0, 0.05) is 0 Å². The Hall–Kier alpha value is 1.21. The largest absolute Gasteiger partial charge is 4.00 e. The third-order valence-corrected chi connectivity index (χ3v) is 0.167. The van der Waals surface area contributed by atoms with Crippen LogP contribution in [0.25, 0.3) is 0 Å². The Labute approximate surface area is 114 Å². The van der Waals surface area contributed by atoms with Gasteiger partial charge in [-0.2, -0.15) is 0 Å². The SMILES string of the molecule is O.O=C([O-])C(=O)[O-].[KH].[O-2].[Ti+4]. The first-order valence-electron chi connectivity index (χ1n) is 1.07. The van der Waals surface area contributed by atoms with Crippen LogP contribution in [0.4, 0.5) is 0 Å². The smallest absolute Gasteiger partial charge is 2.00 e. The van der Waals surface area contributed by atoms with Crippen molar-refractivity contribution in [3.05, 3.63) is 0 Å². The van der Waals surface area contributed by atoms with E-state index in [9.17, 15) is 0 Å². The van der Waals surface area contributed by atoms with Crippen molar-refractivity contribution < 1.29 is 52.5 Å². The van der Waals surface area contributed by atoms with E-state index < -0.39 is 11.9 Å². The number of hydrogen-bond acceptors (Lipinski definition) is 4. The van der Waals surface area contributed by atoms with Gasteiger partial charge in [0.2, 0.25) is 0 Å². The predicted molar refractivity (Wildman–Crippen MR) is 21.5 cm³/mol. The fourth-order valence-corrected chi connectivity index (χ4v) is 0. The fourth-order valence-electron chi connectivity index (χ4n) is 0. The van der Waals surface area contributed by atoms with Crippen molar-refractivity contribution >= 4 is 63.3 Å². The number of rotatable bonds is 0. The second-order valence-electron chi connectivity index (χ2n) is 0.575. The Balaban J connectivity index is -0.0000000208. The molecule has 0 rings (SSSR count). The van der Waals surface area contributed by atoms with Crippen LogP contribution in [-0.4, -0.2) is 68.8 Å². The van der Waals surface area contributed by atoms with Gasteiger partial charge in [0.05, 0.1) is 11.9 Å². The number of carboxylic acids is 2. The van der Waals surface area contributed by atoms with Crippen LogP contribution in [0.3, 0.4) is 0 Å². The van der Waals surface area contributed by atoms with Gasteiger partial charge in [-0.25, -0.2) is 0 Å². The minimum atomic E-state index is -2.19. The maximum Gasteiger partial charge on any atom is 4.00 e. The van der Waals surface area contributed by atoms with E-state index >= 15 is 0 Å². The van der Waals surface area contributed by atoms with Gasteiger partial charge >= 0.3 is 73.1 Å². The van der Waals surface area contributed by atoms with E-state index in [1.165, 1.54) is 0 Å². The van der Waals surface area contributed by atoms with Crippen LogP contribution in [0, 0.1) is 0 Å². The Kier molecular flexibility index (Phi) is 50.5. The summed E-state index contributed by atoms with van der Waals surface area (Å²) >= 11 is 0. The molecule has 0 aliphatic heterocycles. The summed E-state index contributed by atoms with van der Waals surface area (Å²) in [5, 5.41) is 17.9. The van der Waals surface area contributed by atoms with Crippen LogP contribution < -0.4 is 10.2 Å². The van der Waals surface area contributed by atoms with Gasteiger partial charge in [-0.05, 0) is 0 Å². The number of carboxylic acid groups (broad SMARTS) is 2. The predicted octanol–water partition coefficient (Wildman–Crippen LogP) is -5.11. The first-order chi connectivity index (χ1) is 2.64. The van der Waals surface area contributed by atoms with Crippen LogP contribution in [-0.2, 0) is 36.8 Å². The molecule has 0 atom stereocenters. The number of hydrogen-bond donors (Lipinski definition) is 0.